The van der Waals surface area contributed by atoms with E-state index >= 15 is 0 Å². The summed E-state index contributed by atoms with van der Waals surface area (Å²) in [5.41, 5.74) is 3.18. The maximum absolute atomic E-state index is 11.1. The molecule has 0 aliphatic carbocycles. The highest BCUT2D eigenvalue weighted by Crippen LogP contribution is 2.25. The second-order valence-corrected chi connectivity index (χ2v) is 5.24. The van der Waals surface area contributed by atoms with E-state index in [2.05, 4.69) is 9.89 Å². The summed E-state index contributed by atoms with van der Waals surface area (Å²) in [6.45, 7) is 1.15. The van der Waals surface area contributed by atoms with E-state index in [-0.39, 0.29) is 10.6 Å². The van der Waals surface area contributed by atoms with E-state index in [0.29, 0.717) is 13.2 Å². The van der Waals surface area contributed by atoms with Crippen LogP contribution in [0.4, 0.5) is 5.69 Å². The van der Waals surface area contributed by atoms with Crippen molar-refractivity contribution in [3.8, 4) is 0 Å². The van der Waals surface area contributed by atoms with E-state index in [1.165, 1.54) is 0 Å². The van der Waals surface area contributed by atoms with E-state index in [1.54, 1.807) is 12.1 Å². The number of nitrogens with zero attached hydrogens (tertiary/aromatic N) is 2. The molecule has 2 aromatic carbocycles. The molecule has 1 heterocycles. The molecule has 0 saturated carbocycles. The molecular formula is C16H13ClN2O2. The highest BCUT2D eigenvalue weighted by Gasteiger charge is 2.15. The second kappa shape index (κ2) is 5.58. The van der Waals surface area contributed by atoms with Crippen molar-refractivity contribution in [1.29, 1.82) is 0 Å². The van der Waals surface area contributed by atoms with E-state index in [1.807, 2.05) is 36.5 Å². The minimum Gasteiger partial charge on any atom is -0.478 e. The lowest BCUT2D eigenvalue weighted by atomic mass is 10.1. The fourth-order valence-corrected chi connectivity index (χ4v) is 2.59. The Morgan fingerprint density at radius 3 is 2.90 bits per heavy atom. The number of fused-ring (bicyclic) bond motifs is 1. The molecule has 0 atom stereocenters. The third-order valence-corrected chi connectivity index (χ3v) is 3.72. The molecule has 0 spiro atoms. The number of hydrogen-bond donors (Lipinski definition) is 1. The number of rotatable bonds is 3. The van der Waals surface area contributed by atoms with Gasteiger partial charge >= 0.3 is 5.97 Å². The minimum atomic E-state index is -1.01. The Morgan fingerprint density at radius 1 is 1.29 bits per heavy atom. The normalized spacial score (nSPS) is 13.1. The van der Waals surface area contributed by atoms with Crippen LogP contribution in [0.5, 0.6) is 0 Å². The van der Waals surface area contributed by atoms with Gasteiger partial charge in [0.1, 0.15) is 6.67 Å². The highest BCUT2D eigenvalue weighted by molar-refractivity contribution is 6.33. The lowest BCUT2D eigenvalue weighted by molar-refractivity contribution is 0.0697. The van der Waals surface area contributed by atoms with Crippen molar-refractivity contribution < 1.29 is 9.90 Å². The summed E-state index contributed by atoms with van der Waals surface area (Å²) in [6.07, 6.45) is 1.86. The lowest BCUT2D eigenvalue weighted by Crippen LogP contribution is -2.26. The van der Waals surface area contributed by atoms with Gasteiger partial charge in [-0.2, -0.15) is 0 Å². The molecule has 1 aliphatic heterocycles. The predicted molar refractivity (Wildman–Crippen MR) is 83.5 cm³/mol. The Morgan fingerprint density at radius 2 is 2.10 bits per heavy atom. The first-order valence-electron chi connectivity index (χ1n) is 6.50. The molecular weight excluding hydrogens is 288 g/mol. The molecule has 106 valence electrons. The van der Waals surface area contributed by atoms with Crippen LogP contribution in [0.1, 0.15) is 21.5 Å². The zero-order valence-electron chi connectivity index (χ0n) is 11.2. The van der Waals surface area contributed by atoms with Gasteiger partial charge in [-0.3, -0.25) is 4.99 Å². The molecule has 0 fully saturated rings. The summed E-state index contributed by atoms with van der Waals surface area (Å²) >= 11 is 5.90. The van der Waals surface area contributed by atoms with Crippen LogP contribution >= 0.6 is 11.6 Å². The van der Waals surface area contributed by atoms with Gasteiger partial charge in [0.25, 0.3) is 0 Å². The highest BCUT2D eigenvalue weighted by atomic mass is 35.5. The number of para-hydroxylation sites is 1. The number of aromatic carboxylic acids is 1. The zero-order chi connectivity index (χ0) is 14.8. The van der Waals surface area contributed by atoms with Gasteiger partial charge in [0.15, 0.2) is 0 Å². The van der Waals surface area contributed by atoms with Gasteiger partial charge in [0, 0.05) is 24.0 Å². The summed E-state index contributed by atoms with van der Waals surface area (Å²) in [4.78, 5) is 17.6. The molecule has 1 aliphatic rings. The van der Waals surface area contributed by atoms with Gasteiger partial charge in [-0.05, 0) is 23.8 Å². The summed E-state index contributed by atoms with van der Waals surface area (Å²) in [5, 5.41) is 9.39. The maximum Gasteiger partial charge on any atom is 0.337 e. The van der Waals surface area contributed by atoms with Crippen LogP contribution in [-0.4, -0.2) is 24.0 Å². The molecule has 2 aromatic rings. The van der Waals surface area contributed by atoms with Gasteiger partial charge in [-0.1, -0.05) is 35.9 Å². The van der Waals surface area contributed by atoms with Crippen molar-refractivity contribution >= 4 is 29.5 Å². The number of carbonyl (C=O) groups is 1. The SMILES string of the molecule is O=C(O)c1cc(CN2CN=Cc3ccccc32)ccc1Cl. The monoisotopic (exact) mass is 300 g/mol. The Labute approximate surface area is 127 Å². The topological polar surface area (TPSA) is 52.9 Å². The van der Waals surface area contributed by atoms with Crippen LogP contribution in [0, 0.1) is 0 Å². The molecule has 0 saturated heterocycles. The Hall–Kier alpha value is -2.33. The molecule has 21 heavy (non-hydrogen) atoms. The fraction of sp³-hybridized carbons (Fsp3) is 0.125. The summed E-state index contributed by atoms with van der Waals surface area (Å²) in [7, 11) is 0. The van der Waals surface area contributed by atoms with Crippen LogP contribution in [0.3, 0.4) is 0 Å². The van der Waals surface area contributed by atoms with Crippen molar-refractivity contribution in [2.75, 3.05) is 11.6 Å². The quantitative estimate of drug-likeness (QED) is 0.945. The Kier molecular flexibility index (Phi) is 3.62. The number of hydrogen-bond acceptors (Lipinski definition) is 3. The average molecular weight is 301 g/mol. The van der Waals surface area contributed by atoms with Gasteiger partial charge < -0.3 is 10.0 Å². The second-order valence-electron chi connectivity index (χ2n) is 4.83. The molecule has 0 aromatic heterocycles. The predicted octanol–water partition coefficient (Wildman–Crippen LogP) is 3.43. The van der Waals surface area contributed by atoms with Gasteiger partial charge in [0.05, 0.1) is 10.6 Å². The molecule has 3 rings (SSSR count). The molecule has 4 nitrogen and oxygen atoms in total. The van der Waals surface area contributed by atoms with Crippen molar-refractivity contribution in [3.05, 3.63) is 64.2 Å². The summed E-state index contributed by atoms with van der Waals surface area (Å²) < 4.78 is 0. The first-order valence-corrected chi connectivity index (χ1v) is 6.88. The third-order valence-electron chi connectivity index (χ3n) is 3.39. The van der Waals surface area contributed by atoms with E-state index < -0.39 is 5.97 Å². The van der Waals surface area contributed by atoms with Crippen LogP contribution in [0.2, 0.25) is 5.02 Å². The number of aliphatic imine (C=N–C) groups is 1. The number of carboxylic acids is 1. The third kappa shape index (κ3) is 2.76. The molecule has 1 N–H and O–H groups in total. The molecule has 0 bridgehead atoms. The molecule has 0 unspecified atom stereocenters. The van der Waals surface area contributed by atoms with E-state index in [9.17, 15) is 4.79 Å². The van der Waals surface area contributed by atoms with Gasteiger partial charge in [0.2, 0.25) is 0 Å². The van der Waals surface area contributed by atoms with Gasteiger partial charge in [-0.25, -0.2) is 4.79 Å². The van der Waals surface area contributed by atoms with Crippen molar-refractivity contribution in [1.82, 2.24) is 0 Å². The van der Waals surface area contributed by atoms with Crippen molar-refractivity contribution in [2.45, 2.75) is 6.54 Å². The van der Waals surface area contributed by atoms with Gasteiger partial charge in [-0.15, -0.1) is 0 Å². The van der Waals surface area contributed by atoms with Crippen LogP contribution in [0.15, 0.2) is 47.5 Å². The summed E-state index contributed by atoms with van der Waals surface area (Å²) in [5.74, 6) is -1.01. The fourth-order valence-electron chi connectivity index (χ4n) is 2.39. The largest absolute Gasteiger partial charge is 0.478 e. The number of anilines is 1. The van der Waals surface area contributed by atoms with Crippen LogP contribution in [-0.2, 0) is 6.54 Å². The Balaban J connectivity index is 1.90. The summed E-state index contributed by atoms with van der Waals surface area (Å²) in [6, 6.07) is 13.1. The Bertz CT molecular complexity index is 728. The lowest BCUT2D eigenvalue weighted by Gasteiger charge is -2.27. The molecule has 5 heteroatoms. The number of carboxylic acid groups (broad SMARTS) is 1. The first kappa shape index (κ1) is 13.6. The molecule has 0 radical (unpaired) electrons. The van der Waals surface area contributed by atoms with Crippen molar-refractivity contribution in [2.24, 2.45) is 4.99 Å². The average Bonchev–Trinajstić information content (AvgIpc) is 2.49. The smallest absolute Gasteiger partial charge is 0.337 e. The number of benzene rings is 2. The van der Waals surface area contributed by atoms with Crippen LogP contribution in [0.25, 0.3) is 0 Å². The first-order chi connectivity index (χ1) is 10.1. The number of halogens is 1. The maximum atomic E-state index is 11.1. The van der Waals surface area contributed by atoms with E-state index in [4.69, 9.17) is 16.7 Å². The minimum absolute atomic E-state index is 0.128. The standard InChI is InChI=1S/C16H13ClN2O2/c17-14-6-5-11(7-13(14)16(20)21)9-19-10-18-8-12-3-1-2-4-15(12)19/h1-8H,9-10H2,(H,20,21). The van der Waals surface area contributed by atoms with Crippen molar-refractivity contribution in [3.63, 3.8) is 0 Å². The zero-order valence-corrected chi connectivity index (χ0v) is 11.9. The van der Waals surface area contributed by atoms with E-state index in [0.717, 1.165) is 16.8 Å². The molecule has 0 amide bonds. The van der Waals surface area contributed by atoms with Crippen LogP contribution < -0.4 is 4.90 Å².